The molecule has 19 heavy (non-hydrogen) atoms. The maximum atomic E-state index is 12.2. The van der Waals surface area contributed by atoms with Crippen LogP contribution in [0.3, 0.4) is 0 Å². The topological polar surface area (TPSA) is 65.5 Å². The van der Waals surface area contributed by atoms with Crippen LogP contribution in [0.25, 0.3) is 0 Å². The molecule has 0 unspecified atom stereocenters. The molecule has 1 fully saturated rings. The van der Waals surface area contributed by atoms with E-state index in [1.165, 1.54) is 12.6 Å². The van der Waals surface area contributed by atoms with Crippen molar-refractivity contribution < 1.29 is 9.90 Å². The Labute approximate surface area is 112 Å². The number of carbonyl (C=O) groups excluding carboxylic acids is 1. The minimum Gasteiger partial charge on any atom is -0.384 e. The molecule has 0 aromatic carbocycles. The molecule has 1 aliphatic heterocycles. The molecular formula is C14H17N3O2. The number of aliphatic hydroxyl groups is 1. The van der Waals surface area contributed by atoms with E-state index < -0.39 is 0 Å². The second-order valence-electron chi connectivity index (χ2n) is 4.37. The Bertz CT molecular complexity index is 499. The summed E-state index contributed by atoms with van der Waals surface area (Å²) in [5.74, 6) is 5.10. The van der Waals surface area contributed by atoms with Gasteiger partial charge in [0.05, 0.1) is 11.1 Å². The highest BCUT2D eigenvalue weighted by Gasteiger charge is 2.15. The third-order valence-corrected chi connectivity index (χ3v) is 2.98. The van der Waals surface area contributed by atoms with E-state index in [0.29, 0.717) is 11.1 Å². The molecule has 0 saturated carbocycles. The Kier molecular flexibility index (Phi) is 4.90. The van der Waals surface area contributed by atoms with Gasteiger partial charge in [0.15, 0.2) is 0 Å². The standard InChI is InChI=1S/C14H17N3O2/c18-10-4-5-12-11-15-7-6-13(12)14(19)16-17-8-2-1-3-9-17/h6-7,11,18H,1-3,8-10H2,(H,16,19). The number of carbonyl (C=O) groups is 1. The summed E-state index contributed by atoms with van der Waals surface area (Å²) in [4.78, 5) is 16.1. The van der Waals surface area contributed by atoms with E-state index >= 15 is 0 Å². The van der Waals surface area contributed by atoms with Crippen molar-refractivity contribution >= 4 is 5.91 Å². The van der Waals surface area contributed by atoms with E-state index in [1.807, 2.05) is 5.01 Å². The number of hydrogen-bond donors (Lipinski definition) is 2. The molecular weight excluding hydrogens is 242 g/mol. The van der Waals surface area contributed by atoms with Gasteiger partial charge in [0, 0.05) is 25.5 Å². The van der Waals surface area contributed by atoms with Gasteiger partial charge in [-0.25, -0.2) is 5.01 Å². The van der Waals surface area contributed by atoms with Gasteiger partial charge in [-0.15, -0.1) is 0 Å². The molecule has 0 atom stereocenters. The number of amides is 1. The van der Waals surface area contributed by atoms with Gasteiger partial charge in [0.1, 0.15) is 6.61 Å². The lowest BCUT2D eigenvalue weighted by atomic mass is 10.1. The fourth-order valence-corrected chi connectivity index (χ4v) is 2.04. The zero-order chi connectivity index (χ0) is 13.5. The van der Waals surface area contributed by atoms with Crippen molar-refractivity contribution in [2.75, 3.05) is 19.7 Å². The van der Waals surface area contributed by atoms with Crippen molar-refractivity contribution in [1.29, 1.82) is 0 Å². The van der Waals surface area contributed by atoms with E-state index in [9.17, 15) is 4.79 Å². The SMILES string of the molecule is O=C(NN1CCCCC1)c1ccncc1C#CCO. The van der Waals surface area contributed by atoms with Gasteiger partial charge in [0.25, 0.3) is 5.91 Å². The molecule has 1 saturated heterocycles. The summed E-state index contributed by atoms with van der Waals surface area (Å²) in [7, 11) is 0. The monoisotopic (exact) mass is 259 g/mol. The molecule has 1 aliphatic rings. The highest BCUT2D eigenvalue weighted by Crippen LogP contribution is 2.09. The van der Waals surface area contributed by atoms with Gasteiger partial charge in [-0.1, -0.05) is 18.3 Å². The molecule has 0 spiro atoms. The fraction of sp³-hybridized carbons (Fsp3) is 0.429. The number of rotatable bonds is 2. The molecule has 2 N–H and O–H groups in total. The zero-order valence-electron chi connectivity index (χ0n) is 10.7. The molecule has 0 bridgehead atoms. The Morgan fingerprint density at radius 2 is 2.21 bits per heavy atom. The summed E-state index contributed by atoms with van der Waals surface area (Å²) < 4.78 is 0. The van der Waals surface area contributed by atoms with Crippen molar-refractivity contribution in [1.82, 2.24) is 15.4 Å². The van der Waals surface area contributed by atoms with Crippen molar-refractivity contribution in [3.05, 3.63) is 29.6 Å². The van der Waals surface area contributed by atoms with E-state index in [0.717, 1.165) is 25.9 Å². The van der Waals surface area contributed by atoms with Crippen LogP contribution in [0.1, 0.15) is 35.2 Å². The van der Waals surface area contributed by atoms with E-state index in [2.05, 4.69) is 22.3 Å². The zero-order valence-corrected chi connectivity index (χ0v) is 10.7. The number of nitrogens with zero attached hydrogens (tertiary/aromatic N) is 2. The van der Waals surface area contributed by atoms with Gasteiger partial charge in [0.2, 0.25) is 0 Å². The van der Waals surface area contributed by atoms with Gasteiger partial charge >= 0.3 is 0 Å². The van der Waals surface area contributed by atoms with Crippen LogP contribution in [0.4, 0.5) is 0 Å². The van der Waals surface area contributed by atoms with Crippen LogP contribution in [0.5, 0.6) is 0 Å². The molecule has 0 radical (unpaired) electrons. The molecule has 2 heterocycles. The number of nitrogens with one attached hydrogen (secondary N) is 1. The predicted octanol–water partition coefficient (Wildman–Crippen LogP) is 0.556. The summed E-state index contributed by atoms with van der Waals surface area (Å²) in [6, 6.07) is 1.64. The van der Waals surface area contributed by atoms with Gasteiger partial charge < -0.3 is 5.11 Å². The lowest BCUT2D eigenvalue weighted by Crippen LogP contribution is -2.45. The van der Waals surface area contributed by atoms with Crippen LogP contribution in [0.15, 0.2) is 18.5 Å². The van der Waals surface area contributed by atoms with Crippen LogP contribution in [0.2, 0.25) is 0 Å². The van der Waals surface area contributed by atoms with Crippen LogP contribution in [-0.2, 0) is 0 Å². The fourth-order valence-electron chi connectivity index (χ4n) is 2.04. The van der Waals surface area contributed by atoms with Gasteiger partial charge in [-0.05, 0) is 18.9 Å². The van der Waals surface area contributed by atoms with E-state index in [4.69, 9.17) is 5.11 Å². The third-order valence-electron chi connectivity index (χ3n) is 2.98. The molecule has 5 heteroatoms. The van der Waals surface area contributed by atoms with E-state index in [-0.39, 0.29) is 12.5 Å². The summed E-state index contributed by atoms with van der Waals surface area (Å²) >= 11 is 0. The van der Waals surface area contributed by atoms with Crippen LogP contribution in [0, 0.1) is 11.8 Å². The first kappa shape index (κ1) is 13.5. The number of hydrogen-bond acceptors (Lipinski definition) is 4. The smallest absolute Gasteiger partial charge is 0.266 e. The molecule has 1 aromatic rings. The second kappa shape index (κ2) is 6.88. The first-order valence-electron chi connectivity index (χ1n) is 6.41. The maximum absolute atomic E-state index is 12.2. The quantitative estimate of drug-likeness (QED) is 0.762. The summed E-state index contributed by atoms with van der Waals surface area (Å²) in [6.07, 6.45) is 6.53. The van der Waals surface area contributed by atoms with Crippen LogP contribution < -0.4 is 5.43 Å². The van der Waals surface area contributed by atoms with Crippen LogP contribution >= 0.6 is 0 Å². The van der Waals surface area contributed by atoms with Crippen molar-refractivity contribution in [2.24, 2.45) is 0 Å². The second-order valence-corrected chi connectivity index (χ2v) is 4.37. The van der Waals surface area contributed by atoms with Crippen molar-refractivity contribution in [3.8, 4) is 11.8 Å². The average molecular weight is 259 g/mol. The Morgan fingerprint density at radius 3 is 2.95 bits per heavy atom. The average Bonchev–Trinajstić information content (AvgIpc) is 2.46. The molecule has 1 aromatic heterocycles. The molecule has 1 amide bonds. The van der Waals surface area contributed by atoms with Gasteiger partial charge in [-0.3, -0.25) is 15.2 Å². The summed E-state index contributed by atoms with van der Waals surface area (Å²) in [5, 5.41) is 10.7. The number of aromatic nitrogens is 1. The van der Waals surface area contributed by atoms with Gasteiger partial charge in [-0.2, -0.15) is 0 Å². The lowest BCUT2D eigenvalue weighted by Gasteiger charge is -2.26. The molecule has 2 rings (SSSR count). The molecule has 100 valence electrons. The minimum absolute atomic E-state index is 0.175. The lowest BCUT2D eigenvalue weighted by molar-refractivity contribution is 0.0749. The normalized spacial score (nSPS) is 15.4. The minimum atomic E-state index is -0.234. The first-order chi connectivity index (χ1) is 9.31. The summed E-state index contributed by atoms with van der Waals surface area (Å²) in [6.45, 7) is 1.53. The Morgan fingerprint density at radius 1 is 1.42 bits per heavy atom. The molecule has 0 aliphatic carbocycles. The first-order valence-corrected chi connectivity index (χ1v) is 6.41. The third kappa shape index (κ3) is 3.78. The maximum Gasteiger partial charge on any atom is 0.266 e. The Hall–Kier alpha value is -1.90. The Balaban J connectivity index is 2.09. The molecule has 5 nitrogen and oxygen atoms in total. The largest absolute Gasteiger partial charge is 0.384 e. The van der Waals surface area contributed by atoms with Crippen molar-refractivity contribution in [2.45, 2.75) is 19.3 Å². The van der Waals surface area contributed by atoms with E-state index in [1.54, 1.807) is 12.3 Å². The highest BCUT2D eigenvalue weighted by atomic mass is 16.2. The highest BCUT2D eigenvalue weighted by molar-refractivity contribution is 5.96. The number of piperidine rings is 1. The number of hydrazine groups is 1. The summed E-state index contributed by atoms with van der Waals surface area (Å²) in [5.41, 5.74) is 3.91. The number of pyridine rings is 1. The number of aliphatic hydroxyl groups excluding tert-OH is 1. The predicted molar refractivity (Wildman–Crippen MR) is 71.1 cm³/mol. The van der Waals surface area contributed by atoms with Crippen molar-refractivity contribution in [3.63, 3.8) is 0 Å². The van der Waals surface area contributed by atoms with Crippen LogP contribution in [-0.4, -0.2) is 40.7 Å².